The van der Waals surface area contributed by atoms with Gasteiger partial charge in [-0.2, -0.15) is 0 Å². The van der Waals surface area contributed by atoms with E-state index in [1.807, 2.05) is 31.2 Å². The minimum Gasteiger partial charge on any atom is -0.396 e. The fourth-order valence-electron chi connectivity index (χ4n) is 2.76. The van der Waals surface area contributed by atoms with E-state index in [4.69, 9.17) is 0 Å². The fraction of sp³-hybridized carbons (Fsp3) is 0.412. The van der Waals surface area contributed by atoms with Crippen LogP contribution in [0.15, 0.2) is 36.9 Å². The Labute approximate surface area is 130 Å². The van der Waals surface area contributed by atoms with E-state index in [2.05, 4.69) is 6.58 Å². The number of aliphatic hydroxyl groups excluding tert-OH is 1. The summed E-state index contributed by atoms with van der Waals surface area (Å²) in [5.41, 5.74) is 1.53. The second-order valence-electron chi connectivity index (χ2n) is 6.15. The van der Waals surface area contributed by atoms with Crippen molar-refractivity contribution in [1.29, 1.82) is 0 Å². The predicted molar refractivity (Wildman–Crippen MR) is 85.5 cm³/mol. The average molecular weight is 302 g/mol. The molecule has 0 radical (unpaired) electrons. The molecule has 0 saturated heterocycles. The van der Waals surface area contributed by atoms with Gasteiger partial charge in [0.15, 0.2) is 0 Å². The molecule has 0 aliphatic carbocycles. The van der Waals surface area contributed by atoms with Crippen LogP contribution in [0.5, 0.6) is 0 Å². The summed E-state index contributed by atoms with van der Waals surface area (Å²) in [5, 5.41) is 9.67. The van der Waals surface area contributed by atoms with Gasteiger partial charge in [-0.3, -0.25) is 9.59 Å². The lowest BCUT2D eigenvalue weighted by Gasteiger charge is -2.41. The van der Waals surface area contributed by atoms with E-state index in [1.165, 1.54) is 11.0 Å². The average Bonchev–Trinajstić information content (AvgIpc) is 2.53. The van der Waals surface area contributed by atoms with E-state index in [0.29, 0.717) is 6.54 Å². The van der Waals surface area contributed by atoms with Gasteiger partial charge in [0.05, 0.1) is 6.61 Å². The number of rotatable bonds is 4. The molecule has 0 fully saturated rings. The van der Waals surface area contributed by atoms with Crippen LogP contribution in [-0.2, 0) is 16.0 Å². The monoisotopic (exact) mass is 302 g/mol. The first kappa shape index (κ1) is 16.2. The summed E-state index contributed by atoms with van der Waals surface area (Å²) in [5.74, 6) is -0.451. The first-order chi connectivity index (χ1) is 10.4. The molecular formula is C17H22N2O3. The lowest BCUT2D eigenvalue weighted by molar-refractivity contribution is -0.130. The maximum atomic E-state index is 12.6. The van der Waals surface area contributed by atoms with Crippen LogP contribution < -0.4 is 4.90 Å². The van der Waals surface area contributed by atoms with Crippen LogP contribution >= 0.6 is 0 Å². The van der Waals surface area contributed by atoms with Gasteiger partial charge in [0, 0.05) is 24.7 Å². The zero-order chi connectivity index (χ0) is 16.3. The zero-order valence-corrected chi connectivity index (χ0v) is 13.1. The minimum atomic E-state index is -0.370. The number of likely N-dealkylation sites (N-methyl/N-ethyl adjacent to an activating group) is 1. The van der Waals surface area contributed by atoms with Gasteiger partial charge in [-0.05, 0) is 24.1 Å². The Kier molecular flexibility index (Phi) is 4.66. The number of fused-ring (bicyclic) bond motifs is 1. The van der Waals surface area contributed by atoms with Crippen molar-refractivity contribution in [1.82, 2.24) is 4.90 Å². The van der Waals surface area contributed by atoms with Gasteiger partial charge in [0.2, 0.25) is 11.8 Å². The van der Waals surface area contributed by atoms with E-state index in [9.17, 15) is 14.7 Å². The number of amides is 2. The first-order valence-corrected chi connectivity index (χ1v) is 7.27. The highest BCUT2D eigenvalue weighted by atomic mass is 16.3. The summed E-state index contributed by atoms with van der Waals surface area (Å²) in [4.78, 5) is 27.2. The molecule has 0 saturated carbocycles. The second kappa shape index (κ2) is 6.32. The SMILES string of the molecule is C=CC(=O)N(C)CC(=O)N1CC(C)(CO)Cc2ccccc21. The number of hydrogen-bond donors (Lipinski definition) is 1. The van der Waals surface area contributed by atoms with Crippen molar-refractivity contribution >= 4 is 17.5 Å². The van der Waals surface area contributed by atoms with Crippen molar-refractivity contribution < 1.29 is 14.7 Å². The molecule has 22 heavy (non-hydrogen) atoms. The van der Waals surface area contributed by atoms with Crippen molar-refractivity contribution in [3.8, 4) is 0 Å². The molecule has 5 heteroatoms. The molecule has 2 amide bonds. The third-order valence-electron chi connectivity index (χ3n) is 4.05. The molecule has 1 unspecified atom stereocenters. The summed E-state index contributed by atoms with van der Waals surface area (Å²) in [6.07, 6.45) is 1.92. The quantitative estimate of drug-likeness (QED) is 0.851. The maximum absolute atomic E-state index is 12.6. The van der Waals surface area contributed by atoms with Crippen LogP contribution in [0.1, 0.15) is 12.5 Å². The maximum Gasteiger partial charge on any atom is 0.246 e. The lowest BCUT2D eigenvalue weighted by atomic mass is 9.80. The largest absolute Gasteiger partial charge is 0.396 e. The highest BCUT2D eigenvalue weighted by Gasteiger charge is 2.36. The van der Waals surface area contributed by atoms with E-state index in [0.717, 1.165) is 17.7 Å². The number of benzene rings is 1. The third kappa shape index (κ3) is 3.20. The van der Waals surface area contributed by atoms with Gasteiger partial charge in [0.1, 0.15) is 6.54 Å². The zero-order valence-electron chi connectivity index (χ0n) is 13.1. The van der Waals surface area contributed by atoms with Crippen molar-refractivity contribution in [3.63, 3.8) is 0 Å². The Morgan fingerprint density at radius 2 is 2.14 bits per heavy atom. The van der Waals surface area contributed by atoms with Crippen LogP contribution in [0.4, 0.5) is 5.69 Å². The Hall–Kier alpha value is -2.14. The molecule has 118 valence electrons. The third-order valence-corrected chi connectivity index (χ3v) is 4.05. The van der Waals surface area contributed by atoms with Crippen molar-refractivity contribution in [3.05, 3.63) is 42.5 Å². The number of nitrogens with zero attached hydrogens (tertiary/aromatic N) is 2. The molecule has 1 aromatic carbocycles. The number of hydrogen-bond acceptors (Lipinski definition) is 3. The molecule has 1 aliphatic heterocycles. The van der Waals surface area contributed by atoms with Gasteiger partial charge in [-0.15, -0.1) is 0 Å². The molecular weight excluding hydrogens is 280 g/mol. The Morgan fingerprint density at radius 1 is 1.45 bits per heavy atom. The number of aliphatic hydroxyl groups is 1. The molecule has 1 N–H and O–H groups in total. The van der Waals surface area contributed by atoms with Crippen LogP contribution in [0.25, 0.3) is 0 Å². The van der Waals surface area contributed by atoms with Crippen LogP contribution in [0, 0.1) is 5.41 Å². The molecule has 0 aromatic heterocycles. The molecule has 1 aliphatic rings. The molecule has 0 bridgehead atoms. The molecule has 1 aromatic rings. The Morgan fingerprint density at radius 3 is 2.77 bits per heavy atom. The second-order valence-corrected chi connectivity index (χ2v) is 6.15. The standard InChI is InChI=1S/C17H22N2O3/c1-4-15(21)18(3)10-16(22)19-11-17(2,12-20)9-13-7-5-6-8-14(13)19/h4-8,20H,1,9-12H2,2-3H3. The van der Waals surface area contributed by atoms with Crippen LogP contribution in [0.3, 0.4) is 0 Å². The van der Waals surface area contributed by atoms with Gasteiger partial charge < -0.3 is 14.9 Å². The van der Waals surface area contributed by atoms with Crippen molar-refractivity contribution in [2.75, 3.05) is 31.6 Å². The first-order valence-electron chi connectivity index (χ1n) is 7.27. The van der Waals surface area contributed by atoms with E-state index in [-0.39, 0.29) is 30.4 Å². The fourth-order valence-corrected chi connectivity index (χ4v) is 2.76. The summed E-state index contributed by atoms with van der Waals surface area (Å²) in [6, 6.07) is 7.69. The number of carbonyl (C=O) groups excluding carboxylic acids is 2. The normalized spacial score (nSPS) is 20.2. The summed E-state index contributed by atoms with van der Waals surface area (Å²) >= 11 is 0. The Balaban J connectivity index is 2.27. The number of anilines is 1. The molecule has 1 heterocycles. The summed E-state index contributed by atoms with van der Waals surface area (Å²) in [6.45, 7) is 5.82. The number of para-hydroxylation sites is 1. The van der Waals surface area contributed by atoms with Crippen LogP contribution in [0.2, 0.25) is 0 Å². The van der Waals surface area contributed by atoms with E-state index >= 15 is 0 Å². The minimum absolute atomic E-state index is 0.00649. The van der Waals surface area contributed by atoms with Gasteiger partial charge in [0.25, 0.3) is 0 Å². The molecule has 1 atom stereocenters. The smallest absolute Gasteiger partial charge is 0.246 e. The number of carbonyl (C=O) groups is 2. The molecule has 2 rings (SSSR count). The van der Waals surface area contributed by atoms with Crippen molar-refractivity contribution in [2.45, 2.75) is 13.3 Å². The van der Waals surface area contributed by atoms with Gasteiger partial charge in [-0.1, -0.05) is 31.7 Å². The summed E-state index contributed by atoms with van der Waals surface area (Å²) in [7, 11) is 1.57. The van der Waals surface area contributed by atoms with Gasteiger partial charge in [-0.25, -0.2) is 0 Å². The predicted octanol–water partition coefficient (Wildman–Crippen LogP) is 1.22. The highest BCUT2D eigenvalue weighted by molar-refractivity contribution is 5.99. The Bertz CT molecular complexity index is 599. The van der Waals surface area contributed by atoms with Crippen LogP contribution in [-0.4, -0.2) is 48.6 Å². The topological polar surface area (TPSA) is 60.9 Å². The lowest BCUT2D eigenvalue weighted by Crippen LogP contribution is -2.50. The highest BCUT2D eigenvalue weighted by Crippen LogP contribution is 2.36. The van der Waals surface area contributed by atoms with Crippen molar-refractivity contribution in [2.24, 2.45) is 5.41 Å². The molecule has 0 spiro atoms. The molecule has 5 nitrogen and oxygen atoms in total. The van der Waals surface area contributed by atoms with E-state index in [1.54, 1.807) is 11.9 Å². The van der Waals surface area contributed by atoms with Gasteiger partial charge >= 0.3 is 0 Å². The summed E-state index contributed by atoms with van der Waals surface area (Å²) < 4.78 is 0. The van der Waals surface area contributed by atoms with E-state index < -0.39 is 0 Å².